The van der Waals surface area contributed by atoms with E-state index in [4.69, 9.17) is 10.1 Å². The van der Waals surface area contributed by atoms with E-state index >= 15 is 0 Å². The van der Waals surface area contributed by atoms with Crippen LogP contribution in [0.25, 0.3) is 16.8 Å². The standard InChI is InChI=1S/C25H25FN4O/c1-16-22(13-14-23(31)27-15-19-9-11-21(26)12-10-19)18(3)30-25(28-16)24(17(2)29-30)20-7-5-4-6-8-20/h4-12H,13-15H2,1-3H3,(H,27,31). The van der Waals surface area contributed by atoms with Crippen molar-refractivity contribution < 1.29 is 9.18 Å². The van der Waals surface area contributed by atoms with Crippen LogP contribution in [0.4, 0.5) is 4.39 Å². The molecule has 0 saturated heterocycles. The lowest BCUT2D eigenvalue weighted by molar-refractivity contribution is -0.121. The molecule has 0 aliphatic heterocycles. The highest BCUT2D eigenvalue weighted by Gasteiger charge is 2.18. The highest BCUT2D eigenvalue weighted by atomic mass is 19.1. The van der Waals surface area contributed by atoms with Gasteiger partial charge in [0, 0.05) is 29.9 Å². The summed E-state index contributed by atoms with van der Waals surface area (Å²) in [6, 6.07) is 16.3. The van der Waals surface area contributed by atoms with E-state index in [9.17, 15) is 9.18 Å². The minimum atomic E-state index is -0.284. The first-order chi connectivity index (χ1) is 14.9. The molecular formula is C25H25FN4O. The summed E-state index contributed by atoms with van der Waals surface area (Å²) < 4.78 is 14.9. The van der Waals surface area contributed by atoms with Crippen LogP contribution in [0.2, 0.25) is 0 Å². The van der Waals surface area contributed by atoms with Crippen LogP contribution in [-0.4, -0.2) is 20.5 Å². The number of nitrogens with one attached hydrogen (secondary N) is 1. The van der Waals surface area contributed by atoms with Gasteiger partial charge in [-0.05, 0) is 56.0 Å². The number of aromatic nitrogens is 3. The molecule has 6 heteroatoms. The summed E-state index contributed by atoms with van der Waals surface area (Å²) in [7, 11) is 0. The molecule has 1 amide bonds. The Morgan fingerprint density at radius 3 is 2.42 bits per heavy atom. The van der Waals surface area contributed by atoms with Gasteiger partial charge < -0.3 is 5.32 Å². The maximum atomic E-state index is 13.0. The second-order valence-corrected chi connectivity index (χ2v) is 7.73. The molecule has 0 spiro atoms. The summed E-state index contributed by atoms with van der Waals surface area (Å²) in [5.74, 6) is -0.335. The van der Waals surface area contributed by atoms with E-state index in [0.717, 1.165) is 45.0 Å². The summed E-state index contributed by atoms with van der Waals surface area (Å²) in [6.07, 6.45) is 0.928. The number of amides is 1. The monoisotopic (exact) mass is 416 g/mol. The van der Waals surface area contributed by atoms with Crippen molar-refractivity contribution >= 4 is 11.6 Å². The fraction of sp³-hybridized carbons (Fsp3) is 0.240. The molecule has 0 atom stereocenters. The second kappa shape index (κ2) is 8.68. The van der Waals surface area contributed by atoms with Crippen molar-refractivity contribution in [2.75, 3.05) is 0 Å². The molecule has 0 aliphatic carbocycles. The third-order valence-corrected chi connectivity index (χ3v) is 5.57. The van der Waals surface area contributed by atoms with Crippen molar-refractivity contribution in [2.24, 2.45) is 0 Å². The van der Waals surface area contributed by atoms with Crippen LogP contribution < -0.4 is 5.32 Å². The van der Waals surface area contributed by atoms with Gasteiger partial charge in [-0.1, -0.05) is 42.5 Å². The van der Waals surface area contributed by atoms with Gasteiger partial charge in [0.25, 0.3) is 0 Å². The molecule has 1 N–H and O–H groups in total. The molecule has 2 aromatic heterocycles. The third kappa shape index (κ3) is 4.33. The number of rotatable bonds is 6. The number of hydrogen-bond acceptors (Lipinski definition) is 3. The highest BCUT2D eigenvalue weighted by molar-refractivity contribution is 5.80. The summed E-state index contributed by atoms with van der Waals surface area (Å²) in [6.45, 7) is 6.38. The highest BCUT2D eigenvalue weighted by Crippen LogP contribution is 2.29. The smallest absolute Gasteiger partial charge is 0.220 e. The van der Waals surface area contributed by atoms with Crippen LogP contribution in [0, 0.1) is 26.6 Å². The molecule has 0 bridgehead atoms. The molecule has 0 aliphatic rings. The van der Waals surface area contributed by atoms with E-state index in [1.807, 2.05) is 43.5 Å². The topological polar surface area (TPSA) is 59.3 Å². The number of aryl methyl sites for hydroxylation is 3. The van der Waals surface area contributed by atoms with E-state index in [2.05, 4.69) is 17.4 Å². The largest absolute Gasteiger partial charge is 0.352 e. The van der Waals surface area contributed by atoms with Crippen LogP contribution in [0.3, 0.4) is 0 Å². The SMILES string of the molecule is Cc1nc2c(-c3ccccc3)c(C)nn2c(C)c1CCC(=O)NCc1ccc(F)cc1. The number of hydrogen-bond donors (Lipinski definition) is 1. The minimum Gasteiger partial charge on any atom is -0.352 e. The third-order valence-electron chi connectivity index (χ3n) is 5.57. The Morgan fingerprint density at radius 2 is 1.71 bits per heavy atom. The molecule has 0 unspecified atom stereocenters. The lowest BCUT2D eigenvalue weighted by Gasteiger charge is -2.12. The van der Waals surface area contributed by atoms with Crippen LogP contribution in [0.1, 0.15) is 34.6 Å². The second-order valence-electron chi connectivity index (χ2n) is 7.73. The van der Waals surface area contributed by atoms with Crippen LogP contribution in [-0.2, 0) is 17.8 Å². The first kappa shape index (κ1) is 20.7. The fourth-order valence-electron chi connectivity index (χ4n) is 3.90. The molecule has 4 aromatic rings. The van der Waals surface area contributed by atoms with Gasteiger partial charge >= 0.3 is 0 Å². The Kier molecular flexibility index (Phi) is 5.80. The molecule has 0 saturated carbocycles. The van der Waals surface area contributed by atoms with Gasteiger partial charge in [0.1, 0.15) is 5.82 Å². The van der Waals surface area contributed by atoms with E-state index in [1.165, 1.54) is 12.1 Å². The maximum absolute atomic E-state index is 13.0. The molecule has 2 heterocycles. The van der Waals surface area contributed by atoms with E-state index in [0.29, 0.717) is 19.4 Å². The molecule has 5 nitrogen and oxygen atoms in total. The van der Waals surface area contributed by atoms with Crippen LogP contribution in [0.15, 0.2) is 54.6 Å². The van der Waals surface area contributed by atoms with E-state index < -0.39 is 0 Å². The van der Waals surface area contributed by atoms with Gasteiger partial charge in [-0.3, -0.25) is 4.79 Å². The summed E-state index contributed by atoms with van der Waals surface area (Å²) >= 11 is 0. The maximum Gasteiger partial charge on any atom is 0.220 e. The lowest BCUT2D eigenvalue weighted by atomic mass is 10.0. The number of carbonyl (C=O) groups is 1. The predicted octanol–water partition coefficient (Wildman–Crippen LogP) is 4.71. The quantitative estimate of drug-likeness (QED) is 0.495. The average Bonchev–Trinajstić information content (AvgIpc) is 3.09. The first-order valence-electron chi connectivity index (χ1n) is 10.4. The van der Waals surface area contributed by atoms with E-state index in [-0.39, 0.29) is 11.7 Å². The zero-order valence-electron chi connectivity index (χ0n) is 17.9. The number of fused-ring (bicyclic) bond motifs is 1. The Bertz CT molecular complexity index is 1230. The van der Waals surface area contributed by atoms with Gasteiger partial charge in [0.05, 0.1) is 5.69 Å². The van der Waals surface area contributed by atoms with Crippen molar-refractivity contribution in [1.82, 2.24) is 19.9 Å². The molecule has 4 rings (SSSR count). The van der Waals surface area contributed by atoms with Crippen molar-refractivity contribution in [3.63, 3.8) is 0 Å². The number of halogens is 1. The van der Waals surface area contributed by atoms with Crippen LogP contribution in [0.5, 0.6) is 0 Å². The molecule has 0 radical (unpaired) electrons. The van der Waals surface area contributed by atoms with Gasteiger partial charge in [-0.25, -0.2) is 13.9 Å². The van der Waals surface area contributed by atoms with Gasteiger partial charge in [-0.2, -0.15) is 5.10 Å². The number of carbonyl (C=O) groups excluding carboxylic acids is 1. The van der Waals surface area contributed by atoms with E-state index in [1.54, 1.807) is 12.1 Å². The van der Waals surface area contributed by atoms with Gasteiger partial charge in [0.15, 0.2) is 5.65 Å². The van der Waals surface area contributed by atoms with Crippen molar-refractivity contribution in [2.45, 2.75) is 40.2 Å². The van der Waals surface area contributed by atoms with Crippen LogP contribution >= 0.6 is 0 Å². The normalized spacial score (nSPS) is 11.1. The fourth-order valence-corrected chi connectivity index (χ4v) is 3.90. The molecule has 2 aromatic carbocycles. The molecule has 0 fully saturated rings. The Balaban J connectivity index is 1.52. The average molecular weight is 417 g/mol. The Labute approximate surface area is 181 Å². The number of nitrogens with zero attached hydrogens (tertiary/aromatic N) is 3. The molecule has 31 heavy (non-hydrogen) atoms. The predicted molar refractivity (Wildman–Crippen MR) is 119 cm³/mol. The lowest BCUT2D eigenvalue weighted by Crippen LogP contribution is -2.23. The zero-order valence-corrected chi connectivity index (χ0v) is 17.9. The minimum absolute atomic E-state index is 0.0511. The molecule has 158 valence electrons. The zero-order chi connectivity index (χ0) is 22.0. The first-order valence-corrected chi connectivity index (χ1v) is 10.4. The van der Waals surface area contributed by atoms with Gasteiger partial charge in [-0.15, -0.1) is 0 Å². The van der Waals surface area contributed by atoms with Crippen molar-refractivity contribution in [1.29, 1.82) is 0 Å². The number of benzene rings is 2. The van der Waals surface area contributed by atoms with Crippen molar-refractivity contribution in [3.05, 3.63) is 88.6 Å². The van der Waals surface area contributed by atoms with Gasteiger partial charge in [0.2, 0.25) is 5.91 Å². The Morgan fingerprint density at radius 1 is 1.00 bits per heavy atom. The Hall–Kier alpha value is -3.54. The summed E-state index contributed by atoms with van der Waals surface area (Å²) in [5.41, 5.74) is 7.70. The molecular weight excluding hydrogens is 391 g/mol. The summed E-state index contributed by atoms with van der Waals surface area (Å²) in [5, 5.41) is 7.62. The summed E-state index contributed by atoms with van der Waals surface area (Å²) in [4.78, 5) is 17.2. The van der Waals surface area contributed by atoms with Crippen molar-refractivity contribution in [3.8, 4) is 11.1 Å².